The average Bonchev–Trinajstić information content (AvgIpc) is 2.78. The van der Waals surface area contributed by atoms with Crippen LogP contribution >= 0.6 is 35.3 Å². The molecule has 2 atom stereocenters. The van der Waals surface area contributed by atoms with Gasteiger partial charge in [0.05, 0.1) is 5.03 Å². The predicted octanol–water partition coefficient (Wildman–Crippen LogP) is 3.25. The number of carbonyl (C=O) groups excluding carboxylic acids is 1. The first-order valence-electron chi connectivity index (χ1n) is 5.50. The quantitative estimate of drug-likeness (QED) is 0.682. The Kier molecular flexibility index (Phi) is 3.32. The van der Waals surface area contributed by atoms with E-state index < -0.39 is 0 Å². The third kappa shape index (κ3) is 2.04. The van der Waals surface area contributed by atoms with E-state index in [1.54, 1.807) is 29.3 Å². The van der Waals surface area contributed by atoms with Gasteiger partial charge in [0.25, 0.3) is 0 Å². The molecule has 0 aromatic carbocycles. The minimum absolute atomic E-state index is 0.00634. The number of hydrogen-bond donors (Lipinski definition) is 1. The number of aldehydes is 1. The van der Waals surface area contributed by atoms with E-state index in [0.717, 1.165) is 26.6 Å². The maximum Gasteiger partial charge on any atom is 0.159 e. The van der Waals surface area contributed by atoms with Crippen LogP contribution in [0.1, 0.15) is 16.4 Å². The molecule has 0 spiro atoms. The Morgan fingerprint density at radius 3 is 3.17 bits per heavy atom. The van der Waals surface area contributed by atoms with Gasteiger partial charge in [-0.05, 0) is 23.8 Å². The third-order valence-corrected chi connectivity index (χ3v) is 5.60. The molecule has 2 unspecified atom stereocenters. The van der Waals surface area contributed by atoms with Crippen LogP contribution in [0.25, 0.3) is 0 Å². The van der Waals surface area contributed by atoms with Crippen molar-refractivity contribution >= 4 is 41.6 Å². The summed E-state index contributed by atoms with van der Waals surface area (Å²) in [7, 11) is 0. The molecule has 2 aromatic heterocycles. The number of nitrogens with one attached hydrogen (secondary N) is 1. The van der Waals surface area contributed by atoms with Crippen molar-refractivity contribution in [2.75, 3.05) is 5.75 Å². The molecular formula is C12H10N2OS3. The van der Waals surface area contributed by atoms with E-state index in [9.17, 15) is 4.79 Å². The summed E-state index contributed by atoms with van der Waals surface area (Å²) >= 11 is 8.45. The molecule has 2 aromatic rings. The largest absolute Gasteiger partial charge is 0.332 e. The zero-order valence-corrected chi connectivity index (χ0v) is 11.8. The van der Waals surface area contributed by atoms with Crippen molar-refractivity contribution in [1.29, 1.82) is 0 Å². The fourth-order valence-electron chi connectivity index (χ4n) is 2.18. The van der Waals surface area contributed by atoms with Crippen LogP contribution in [0.5, 0.6) is 0 Å². The van der Waals surface area contributed by atoms with Crippen LogP contribution in [0, 0.1) is 9.87 Å². The minimum Gasteiger partial charge on any atom is -0.332 e. The van der Waals surface area contributed by atoms with Crippen molar-refractivity contribution in [2.45, 2.75) is 10.9 Å². The number of rotatable bonds is 2. The number of aromatic amines is 1. The van der Waals surface area contributed by atoms with Crippen LogP contribution in [0.3, 0.4) is 0 Å². The molecule has 1 N–H and O–H groups in total. The Balaban J connectivity index is 2.14. The molecule has 1 aliphatic heterocycles. The number of aromatic nitrogens is 2. The molecule has 0 fully saturated rings. The zero-order chi connectivity index (χ0) is 12.5. The normalized spacial score (nSPS) is 22.4. The number of thiazole rings is 1. The van der Waals surface area contributed by atoms with Crippen molar-refractivity contribution in [3.63, 3.8) is 0 Å². The van der Waals surface area contributed by atoms with Gasteiger partial charge in [0.2, 0.25) is 0 Å². The second kappa shape index (κ2) is 4.95. The molecule has 0 aliphatic carbocycles. The van der Waals surface area contributed by atoms with E-state index in [1.807, 2.05) is 18.3 Å². The van der Waals surface area contributed by atoms with Crippen LogP contribution in [0.15, 0.2) is 29.6 Å². The molecule has 0 amide bonds. The number of fused-ring (bicyclic) bond motifs is 1. The first-order chi connectivity index (χ1) is 8.79. The molecular weight excluding hydrogens is 284 g/mol. The lowest BCUT2D eigenvalue weighted by atomic mass is 9.87. The van der Waals surface area contributed by atoms with Gasteiger partial charge in [0, 0.05) is 34.9 Å². The molecule has 1 aliphatic rings. The van der Waals surface area contributed by atoms with Crippen LogP contribution < -0.4 is 0 Å². The monoisotopic (exact) mass is 294 g/mol. The number of carbonyl (C=O) groups is 1. The molecule has 3 nitrogen and oxygen atoms in total. The molecule has 0 saturated heterocycles. The van der Waals surface area contributed by atoms with Gasteiger partial charge >= 0.3 is 0 Å². The fourth-order valence-corrected chi connectivity index (χ4v) is 4.99. The van der Waals surface area contributed by atoms with Crippen molar-refractivity contribution in [1.82, 2.24) is 9.97 Å². The Labute approximate surface area is 118 Å². The van der Waals surface area contributed by atoms with Crippen molar-refractivity contribution in [3.05, 3.63) is 38.9 Å². The second-order valence-electron chi connectivity index (χ2n) is 4.08. The van der Waals surface area contributed by atoms with Gasteiger partial charge in [-0.25, -0.2) is 0 Å². The van der Waals surface area contributed by atoms with Gasteiger partial charge < -0.3 is 9.78 Å². The van der Waals surface area contributed by atoms with Crippen LogP contribution in [0.4, 0.5) is 0 Å². The highest BCUT2D eigenvalue weighted by Gasteiger charge is 2.33. The molecule has 6 heteroatoms. The molecule has 18 heavy (non-hydrogen) atoms. The van der Waals surface area contributed by atoms with Gasteiger partial charge in [-0.1, -0.05) is 6.07 Å². The molecule has 0 bridgehead atoms. The summed E-state index contributed by atoms with van der Waals surface area (Å²) in [5.41, 5.74) is 1.08. The molecule has 92 valence electrons. The number of nitrogens with zero attached hydrogens (tertiary/aromatic N) is 1. The fraction of sp³-hybridized carbons (Fsp3) is 0.250. The van der Waals surface area contributed by atoms with Gasteiger partial charge in [-0.15, -0.1) is 23.1 Å². The first-order valence-corrected chi connectivity index (χ1v) is 7.71. The van der Waals surface area contributed by atoms with Crippen molar-refractivity contribution in [2.24, 2.45) is 5.92 Å². The maximum atomic E-state index is 11.3. The van der Waals surface area contributed by atoms with Crippen LogP contribution in [0.2, 0.25) is 0 Å². The molecule has 0 saturated carbocycles. The SMILES string of the molecule is O=CC1CSc2[nH]c(=S)sc2C1c1cccnc1. The third-order valence-electron chi connectivity index (χ3n) is 2.99. The lowest BCUT2D eigenvalue weighted by Crippen LogP contribution is -2.21. The Hall–Kier alpha value is -0.980. The second-order valence-corrected chi connectivity index (χ2v) is 6.83. The van der Waals surface area contributed by atoms with Gasteiger partial charge in [-0.2, -0.15) is 0 Å². The first kappa shape index (κ1) is 12.1. The van der Waals surface area contributed by atoms with E-state index in [1.165, 1.54) is 4.88 Å². The van der Waals surface area contributed by atoms with Gasteiger partial charge in [0.1, 0.15) is 6.29 Å². The summed E-state index contributed by atoms with van der Waals surface area (Å²) in [5.74, 6) is 0.872. The summed E-state index contributed by atoms with van der Waals surface area (Å²) < 4.78 is 0.771. The molecule has 3 rings (SSSR count). The van der Waals surface area contributed by atoms with Gasteiger partial charge in [0.15, 0.2) is 3.95 Å². The summed E-state index contributed by atoms with van der Waals surface area (Å²) in [6, 6.07) is 3.93. The number of H-pyrrole nitrogens is 1. The Morgan fingerprint density at radius 1 is 1.56 bits per heavy atom. The topological polar surface area (TPSA) is 45.8 Å². The van der Waals surface area contributed by atoms with Crippen molar-refractivity contribution in [3.8, 4) is 0 Å². The van der Waals surface area contributed by atoms with Crippen LogP contribution in [-0.2, 0) is 4.79 Å². The van der Waals surface area contributed by atoms with Crippen molar-refractivity contribution < 1.29 is 4.79 Å². The van der Waals surface area contributed by atoms with E-state index >= 15 is 0 Å². The number of pyridine rings is 1. The standard InChI is InChI=1S/C12H10N2OS3/c15-5-8-6-17-11-10(18-12(16)14-11)9(8)7-2-1-3-13-4-7/h1-5,8-9H,6H2,(H,14,16). The predicted molar refractivity (Wildman–Crippen MR) is 75.9 cm³/mol. The molecule has 0 radical (unpaired) electrons. The zero-order valence-electron chi connectivity index (χ0n) is 9.33. The Morgan fingerprint density at radius 2 is 2.44 bits per heavy atom. The molecule has 3 heterocycles. The lowest BCUT2D eigenvalue weighted by Gasteiger charge is -2.26. The summed E-state index contributed by atoms with van der Waals surface area (Å²) in [6.45, 7) is 0. The van der Waals surface area contributed by atoms with E-state index in [2.05, 4.69) is 9.97 Å². The van der Waals surface area contributed by atoms with E-state index in [-0.39, 0.29) is 11.8 Å². The highest BCUT2D eigenvalue weighted by Crippen LogP contribution is 2.45. The highest BCUT2D eigenvalue weighted by atomic mass is 32.2. The maximum absolute atomic E-state index is 11.3. The number of thioether (sulfide) groups is 1. The van der Waals surface area contributed by atoms with Gasteiger partial charge in [-0.3, -0.25) is 4.98 Å². The van der Waals surface area contributed by atoms with E-state index in [0.29, 0.717) is 0 Å². The van der Waals surface area contributed by atoms with E-state index in [4.69, 9.17) is 12.2 Å². The summed E-state index contributed by atoms with van der Waals surface area (Å²) in [4.78, 5) is 19.8. The summed E-state index contributed by atoms with van der Waals surface area (Å²) in [5, 5.41) is 1.11. The smallest absolute Gasteiger partial charge is 0.159 e. The highest BCUT2D eigenvalue weighted by molar-refractivity contribution is 7.99. The Bertz CT molecular complexity index is 620. The minimum atomic E-state index is -0.00634. The number of hydrogen-bond acceptors (Lipinski definition) is 5. The average molecular weight is 294 g/mol. The van der Waals surface area contributed by atoms with Crippen LogP contribution in [-0.4, -0.2) is 22.0 Å². The summed E-state index contributed by atoms with van der Waals surface area (Å²) in [6.07, 6.45) is 4.64. The lowest BCUT2D eigenvalue weighted by molar-refractivity contribution is -0.110.